The van der Waals surface area contributed by atoms with Crippen molar-refractivity contribution in [3.63, 3.8) is 0 Å². The van der Waals surface area contributed by atoms with Crippen LogP contribution in [0, 0.1) is 6.07 Å². The van der Waals surface area contributed by atoms with E-state index in [0.29, 0.717) is 11.3 Å². The fourth-order valence-corrected chi connectivity index (χ4v) is 7.83. The third kappa shape index (κ3) is 7.64. The van der Waals surface area contributed by atoms with Crippen molar-refractivity contribution in [3.8, 4) is 67.5 Å². The van der Waals surface area contributed by atoms with Crippen molar-refractivity contribution in [3.05, 3.63) is 175 Å². The van der Waals surface area contributed by atoms with Gasteiger partial charge in [-0.15, -0.1) is 24.3 Å². The van der Waals surface area contributed by atoms with Crippen LogP contribution in [0.5, 0.6) is 5.75 Å². The smallest absolute Gasteiger partial charge is 0.124 e. The molecule has 9 rings (SSSR count). The molecule has 5 aromatic carbocycles. The van der Waals surface area contributed by atoms with Crippen LogP contribution in [0.4, 0.5) is 0 Å². The molecule has 6 heteroatoms. The van der Waals surface area contributed by atoms with Gasteiger partial charge in [-0.1, -0.05) is 132 Å². The SMILES string of the molecule is CC(C)(C)c1cc(-c2cc(-c3[c-]c(-c4cc(-c5cccc6c7ccncc7n(-c7ccccc7)c56)ccn4)ccc3)nc(-c3ccccc3O)c2)cc(C(C)(C)C)c1.[Pt]. The number of aromatic nitrogens is 4. The van der Waals surface area contributed by atoms with Crippen LogP contribution in [0.2, 0.25) is 0 Å². The molecule has 4 heterocycles. The summed E-state index contributed by atoms with van der Waals surface area (Å²) in [7, 11) is 0. The van der Waals surface area contributed by atoms with Gasteiger partial charge < -0.3 is 9.67 Å². The maximum atomic E-state index is 11.0. The van der Waals surface area contributed by atoms with Gasteiger partial charge in [0, 0.05) is 72.4 Å². The van der Waals surface area contributed by atoms with E-state index in [4.69, 9.17) is 9.97 Å². The number of nitrogens with zero attached hydrogens (tertiary/aromatic N) is 4. The van der Waals surface area contributed by atoms with Gasteiger partial charge in [-0.3, -0.25) is 15.0 Å². The summed E-state index contributed by atoms with van der Waals surface area (Å²) in [4.78, 5) is 14.6. The molecule has 0 saturated heterocycles. The van der Waals surface area contributed by atoms with Gasteiger partial charge in [0.2, 0.25) is 0 Å². The number of fused-ring (bicyclic) bond motifs is 3. The minimum Gasteiger partial charge on any atom is -0.507 e. The Labute approximate surface area is 360 Å². The summed E-state index contributed by atoms with van der Waals surface area (Å²) in [5.41, 5.74) is 14.6. The van der Waals surface area contributed by atoms with Crippen molar-refractivity contribution in [2.24, 2.45) is 0 Å². The third-order valence-corrected chi connectivity index (χ3v) is 11.0. The van der Waals surface area contributed by atoms with Crippen molar-refractivity contribution in [1.82, 2.24) is 19.5 Å². The van der Waals surface area contributed by atoms with E-state index in [2.05, 4.69) is 154 Å². The summed E-state index contributed by atoms with van der Waals surface area (Å²) < 4.78 is 2.31. The molecule has 294 valence electrons. The molecule has 0 unspecified atom stereocenters. The van der Waals surface area contributed by atoms with E-state index >= 15 is 0 Å². The first-order chi connectivity index (χ1) is 27.9. The maximum Gasteiger partial charge on any atom is 0.124 e. The molecule has 9 aromatic rings. The van der Waals surface area contributed by atoms with Crippen molar-refractivity contribution in [2.75, 3.05) is 0 Å². The maximum absolute atomic E-state index is 11.0. The third-order valence-electron chi connectivity index (χ3n) is 11.0. The van der Waals surface area contributed by atoms with E-state index in [1.807, 2.05) is 55.0 Å². The first-order valence-corrected chi connectivity index (χ1v) is 19.8. The predicted octanol–water partition coefficient (Wildman–Crippen LogP) is 13.4. The fourth-order valence-electron chi connectivity index (χ4n) is 7.83. The topological polar surface area (TPSA) is 63.8 Å². The van der Waals surface area contributed by atoms with E-state index in [1.54, 1.807) is 6.07 Å². The Morgan fingerprint density at radius 2 is 1.17 bits per heavy atom. The zero-order valence-corrected chi connectivity index (χ0v) is 36.3. The van der Waals surface area contributed by atoms with E-state index < -0.39 is 0 Å². The average Bonchev–Trinajstić information content (AvgIpc) is 3.58. The Bertz CT molecular complexity index is 2960. The second-order valence-electron chi connectivity index (χ2n) is 17.1. The first kappa shape index (κ1) is 39.7. The zero-order chi connectivity index (χ0) is 40.2. The number of pyridine rings is 3. The molecule has 0 aliphatic rings. The Morgan fingerprint density at radius 1 is 0.542 bits per heavy atom. The van der Waals surface area contributed by atoms with Gasteiger partial charge in [0.1, 0.15) is 5.75 Å². The van der Waals surface area contributed by atoms with Crippen LogP contribution in [0.1, 0.15) is 52.7 Å². The summed E-state index contributed by atoms with van der Waals surface area (Å²) in [6, 6.07) is 51.7. The van der Waals surface area contributed by atoms with Gasteiger partial charge in [0.05, 0.1) is 22.9 Å². The zero-order valence-electron chi connectivity index (χ0n) is 34.1. The van der Waals surface area contributed by atoms with Crippen molar-refractivity contribution >= 4 is 21.8 Å². The van der Waals surface area contributed by atoms with Gasteiger partial charge in [0.25, 0.3) is 0 Å². The molecule has 4 aromatic heterocycles. The molecule has 0 radical (unpaired) electrons. The van der Waals surface area contributed by atoms with Gasteiger partial charge in [-0.25, -0.2) is 0 Å². The number of benzene rings is 5. The predicted molar refractivity (Wildman–Crippen MR) is 239 cm³/mol. The molecule has 5 nitrogen and oxygen atoms in total. The minimum absolute atomic E-state index is 0. The Morgan fingerprint density at radius 3 is 1.90 bits per heavy atom. The first-order valence-electron chi connectivity index (χ1n) is 19.8. The van der Waals surface area contributed by atoms with Crippen molar-refractivity contribution in [1.29, 1.82) is 0 Å². The quantitative estimate of drug-likeness (QED) is 0.169. The standard InChI is InChI=1S/C53H45N4O.Pt/c1-52(2,3)39-27-37(28-40(32-39)53(4,5)6)38-30-47(56-48(31-38)45-18-10-11-21-50(45)58)36-15-12-14-35(26-36)46-29-34(22-25-55-46)42-19-13-20-44-43-23-24-54-33-49(43)57(51(42)44)41-16-8-7-9-17-41;/h7-25,27-33,58H,1-6H3;/q-1;. The summed E-state index contributed by atoms with van der Waals surface area (Å²) in [6.07, 6.45) is 5.69. The Hall–Kier alpha value is -6.16. The number of hydrogen-bond donors (Lipinski definition) is 1. The van der Waals surface area contributed by atoms with Crippen LogP contribution in [-0.4, -0.2) is 24.6 Å². The van der Waals surface area contributed by atoms with Gasteiger partial charge in [0.15, 0.2) is 0 Å². The van der Waals surface area contributed by atoms with Crippen LogP contribution >= 0.6 is 0 Å². The van der Waals surface area contributed by atoms with Crippen LogP contribution in [0.15, 0.2) is 158 Å². The van der Waals surface area contributed by atoms with E-state index in [9.17, 15) is 5.11 Å². The summed E-state index contributed by atoms with van der Waals surface area (Å²) in [6.45, 7) is 13.5. The molecular weight excluding hydrogens is 904 g/mol. The fraction of sp³-hybridized carbons (Fsp3) is 0.151. The van der Waals surface area contributed by atoms with Crippen LogP contribution in [0.25, 0.3) is 83.5 Å². The second-order valence-corrected chi connectivity index (χ2v) is 17.1. The number of hydrogen-bond acceptors (Lipinski definition) is 4. The van der Waals surface area contributed by atoms with Crippen molar-refractivity contribution in [2.45, 2.75) is 52.4 Å². The van der Waals surface area contributed by atoms with E-state index in [1.165, 1.54) is 16.5 Å². The van der Waals surface area contributed by atoms with Crippen LogP contribution in [-0.2, 0) is 31.9 Å². The molecule has 0 spiro atoms. The number of phenols is 1. The molecule has 0 saturated carbocycles. The average molecular weight is 949 g/mol. The Balaban J connectivity index is 0.00000484. The molecule has 0 bridgehead atoms. The second kappa shape index (κ2) is 15.5. The minimum atomic E-state index is -0.0447. The summed E-state index contributed by atoms with van der Waals surface area (Å²) in [5, 5.41) is 13.4. The molecule has 0 atom stereocenters. The van der Waals surface area contributed by atoms with Gasteiger partial charge in [-0.05, 0) is 81.1 Å². The number of para-hydroxylation sites is 3. The monoisotopic (exact) mass is 948 g/mol. The summed E-state index contributed by atoms with van der Waals surface area (Å²) >= 11 is 0. The van der Waals surface area contributed by atoms with Crippen LogP contribution in [0.3, 0.4) is 0 Å². The van der Waals surface area contributed by atoms with Crippen molar-refractivity contribution < 1.29 is 26.2 Å². The molecular formula is C53H45N4OPt-. The molecule has 0 amide bonds. The summed E-state index contributed by atoms with van der Waals surface area (Å²) in [5.74, 6) is 0.188. The normalized spacial score (nSPS) is 11.8. The molecule has 59 heavy (non-hydrogen) atoms. The van der Waals surface area contributed by atoms with Crippen LogP contribution < -0.4 is 0 Å². The van der Waals surface area contributed by atoms with Gasteiger partial charge >= 0.3 is 0 Å². The largest absolute Gasteiger partial charge is 0.507 e. The molecule has 0 aliphatic heterocycles. The number of aromatic hydroxyl groups is 1. The Kier molecular flexibility index (Phi) is 10.4. The molecule has 0 fully saturated rings. The molecule has 0 aliphatic carbocycles. The number of rotatable bonds is 6. The van der Waals surface area contributed by atoms with Gasteiger partial charge in [-0.2, -0.15) is 0 Å². The van der Waals surface area contributed by atoms with E-state index in [0.717, 1.165) is 66.9 Å². The molecule has 1 N–H and O–H groups in total. The van der Waals surface area contributed by atoms with E-state index in [-0.39, 0.29) is 37.6 Å². The number of phenolic OH excluding ortho intramolecular Hbond substituents is 1.